The first-order chi connectivity index (χ1) is 5.79. The van der Waals surface area contributed by atoms with E-state index in [4.69, 9.17) is 0 Å². The van der Waals surface area contributed by atoms with Crippen LogP contribution in [0.4, 0.5) is 0 Å². The Morgan fingerprint density at radius 3 is 2.58 bits per heavy atom. The van der Waals surface area contributed by atoms with Crippen molar-refractivity contribution >= 4 is 22.3 Å². The minimum Gasteiger partial charge on any atom is -0.236 e. The fourth-order valence-corrected chi connectivity index (χ4v) is 3.13. The topological polar surface area (TPSA) is 20.3 Å². The summed E-state index contributed by atoms with van der Waals surface area (Å²) in [6.07, 6.45) is 0. The fraction of sp³-hybridized carbons (Fsp3) is 0.500. The molecule has 68 valence electrons. The molecule has 0 aliphatic carbocycles. The lowest BCUT2D eigenvalue weighted by molar-refractivity contribution is 0.490. The lowest BCUT2D eigenvalue weighted by Gasteiger charge is -2.14. The average Bonchev–Trinajstić information content (AvgIpc) is 2.58. The highest BCUT2D eigenvalue weighted by atomic mass is 32.2. The molecule has 0 radical (unpaired) electrons. The van der Waals surface area contributed by atoms with Gasteiger partial charge in [0.05, 0.1) is 0 Å². The summed E-state index contributed by atoms with van der Waals surface area (Å²) in [6.45, 7) is 5.71. The van der Waals surface area contributed by atoms with E-state index in [1.54, 1.807) is 11.3 Å². The molecule has 1 aromatic rings. The van der Waals surface area contributed by atoms with Gasteiger partial charge in [-0.05, 0) is 11.4 Å². The van der Waals surface area contributed by atoms with Crippen molar-refractivity contribution in [3.63, 3.8) is 0 Å². The van der Waals surface area contributed by atoms with E-state index in [-0.39, 0.29) is 0 Å². The molecule has 0 saturated heterocycles. The zero-order chi connectivity index (χ0) is 8.97. The molecule has 0 aromatic carbocycles. The summed E-state index contributed by atoms with van der Waals surface area (Å²) >= 11 is 1.55. The number of nitrogens with zero attached hydrogens (tertiary/aromatic N) is 1. The second kappa shape index (κ2) is 4.74. The van der Waals surface area contributed by atoms with Crippen molar-refractivity contribution in [1.82, 2.24) is 4.31 Å². The molecule has 0 aliphatic rings. The van der Waals surface area contributed by atoms with E-state index in [2.05, 4.69) is 0 Å². The molecule has 0 N–H and O–H groups in total. The van der Waals surface area contributed by atoms with Crippen LogP contribution in [0.25, 0.3) is 0 Å². The summed E-state index contributed by atoms with van der Waals surface area (Å²) in [5.74, 6) is 0. The van der Waals surface area contributed by atoms with E-state index >= 15 is 0 Å². The Balaban J connectivity index is 2.70. The molecule has 0 aliphatic heterocycles. The fourth-order valence-electron chi connectivity index (χ4n) is 0.948. The average molecular weight is 203 g/mol. The minimum atomic E-state index is -0.938. The summed E-state index contributed by atoms with van der Waals surface area (Å²) < 4.78 is 14.6. The zero-order valence-electron chi connectivity index (χ0n) is 7.32. The highest BCUT2D eigenvalue weighted by Gasteiger charge is 2.11. The summed E-state index contributed by atoms with van der Waals surface area (Å²) in [4.78, 5) is 0. The summed E-state index contributed by atoms with van der Waals surface area (Å²) in [5, 5.41) is 1.96. The maximum absolute atomic E-state index is 11.7. The van der Waals surface area contributed by atoms with E-state index in [9.17, 15) is 4.21 Å². The third-order valence-electron chi connectivity index (χ3n) is 1.61. The van der Waals surface area contributed by atoms with Crippen molar-refractivity contribution < 1.29 is 4.21 Å². The van der Waals surface area contributed by atoms with E-state index in [1.165, 1.54) is 0 Å². The lowest BCUT2D eigenvalue weighted by atomic mass is 10.7. The van der Waals surface area contributed by atoms with Gasteiger partial charge in [-0.2, -0.15) is 0 Å². The van der Waals surface area contributed by atoms with Gasteiger partial charge in [-0.1, -0.05) is 19.9 Å². The van der Waals surface area contributed by atoms with Crippen molar-refractivity contribution in [3.05, 3.63) is 17.5 Å². The summed E-state index contributed by atoms with van der Waals surface area (Å²) in [6, 6.07) is 3.85. The third-order valence-corrected chi connectivity index (χ3v) is 4.45. The highest BCUT2D eigenvalue weighted by Crippen LogP contribution is 2.16. The van der Waals surface area contributed by atoms with Gasteiger partial charge in [0.25, 0.3) is 0 Å². The predicted octanol–water partition coefficient (Wildman–Crippen LogP) is 2.11. The molecular formula is C8H13NOS2. The summed E-state index contributed by atoms with van der Waals surface area (Å²) in [5.41, 5.74) is 0. The van der Waals surface area contributed by atoms with Crippen LogP contribution in [-0.4, -0.2) is 21.6 Å². The molecule has 1 atom stereocenters. The lowest BCUT2D eigenvalue weighted by Crippen LogP contribution is -2.24. The maximum Gasteiger partial charge on any atom is 0.137 e. The minimum absolute atomic E-state index is 0.834. The van der Waals surface area contributed by atoms with Crippen LogP contribution >= 0.6 is 11.3 Å². The van der Waals surface area contributed by atoms with Gasteiger partial charge in [-0.15, -0.1) is 11.3 Å². The molecule has 0 spiro atoms. The Labute approximate surface area is 79.8 Å². The quantitative estimate of drug-likeness (QED) is 0.734. The van der Waals surface area contributed by atoms with Gasteiger partial charge in [-0.25, -0.2) is 8.51 Å². The number of rotatable bonds is 4. The van der Waals surface area contributed by atoms with Crippen LogP contribution in [-0.2, 0) is 11.0 Å². The first kappa shape index (κ1) is 9.89. The standard InChI is InChI=1S/C8H13NOS2/c1-3-9(4-2)12(10)8-6-5-7-11-8/h5-7H,3-4H2,1-2H3. The van der Waals surface area contributed by atoms with Crippen molar-refractivity contribution in [2.75, 3.05) is 13.1 Å². The highest BCUT2D eigenvalue weighted by molar-refractivity contribution is 7.85. The van der Waals surface area contributed by atoms with E-state index in [0.717, 1.165) is 17.3 Å². The van der Waals surface area contributed by atoms with Crippen LogP contribution in [0.3, 0.4) is 0 Å². The second-order valence-corrected chi connectivity index (χ2v) is 4.96. The van der Waals surface area contributed by atoms with Gasteiger partial charge in [0, 0.05) is 13.1 Å². The predicted molar refractivity (Wildman–Crippen MR) is 53.6 cm³/mol. The van der Waals surface area contributed by atoms with Crippen molar-refractivity contribution in [2.24, 2.45) is 0 Å². The maximum atomic E-state index is 11.7. The molecule has 0 bridgehead atoms. The van der Waals surface area contributed by atoms with Crippen LogP contribution in [0.1, 0.15) is 13.8 Å². The molecule has 1 unspecified atom stereocenters. The van der Waals surface area contributed by atoms with Crippen molar-refractivity contribution in [1.29, 1.82) is 0 Å². The SMILES string of the molecule is CCN(CC)S(=O)c1cccs1. The Kier molecular flexibility index (Phi) is 3.91. The molecule has 0 fully saturated rings. The van der Waals surface area contributed by atoms with Crippen LogP contribution in [0, 0.1) is 0 Å². The first-order valence-corrected chi connectivity index (χ1v) is 5.98. The smallest absolute Gasteiger partial charge is 0.137 e. The van der Waals surface area contributed by atoms with E-state index in [1.807, 2.05) is 35.7 Å². The summed E-state index contributed by atoms with van der Waals surface area (Å²) in [7, 11) is -0.938. The van der Waals surface area contributed by atoms with Crippen LogP contribution in [0.2, 0.25) is 0 Å². The molecule has 1 aromatic heterocycles. The Morgan fingerprint density at radius 1 is 1.50 bits per heavy atom. The van der Waals surface area contributed by atoms with Crippen LogP contribution in [0.5, 0.6) is 0 Å². The normalized spacial score (nSPS) is 13.6. The molecule has 0 amide bonds. The van der Waals surface area contributed by atoms with Gasteiger partial charge in [0.2, 0.25) is 0 Å². The molecule has 1 heterocycles. The third kappa shape index (κ3) is 2.15. The molecule has 2 nitrogen and oxygen atoms in total. The number of hydrogen-bond acceptors (Lipinski definition) is 2. The van der Waals surface area contributed by atoms with E-state index < -0.39 is 11.0 Å². The van der Waals surface area contributed by atoms with E-state index in [0.29, 0.717) is 0 Å². The molecule has 1 rings (SSSR count). The Morgan fingerprint density at radius 2 is 2.17 bits per heavy atom. The number of thiophene rings is 1. The van der Waals surface area contributed by atoms with Gasteiger partial charge >= 0.3 is 0 Å². The largest absolute Gasteiger partial charge is 0.236 e. The van der Waals surface area contributed by atoms with Gasteiger partial charge in [0.1, 0.15) is 15.2 Å². The Bertz CT molecular complexity index is 242. The Hall–Kier alpha value is -0.190. The van der Waals surface area contributed by atoms with Gasteiger partial charge < -0.3 is 0 Å². The molecular weight excluding hydrogens is 190 g/mol. The molecule has 4 heteroatoms. The van der Waals surface area contributed by atoms with Crippen LogP contribution < -0.4 is 0 Å². The number of hydrogen-bond donors (Lipinski definition) is 0. The molecule has 0 saturated carbocycles. The van der Waals surface area contributed by atoms with Crippen LogP contribution in [0.15, 0.2) is 21.7 Å². The van der Waals surface area contributed by atoms with Gasteiger partial charge in [0.15, 0.2) is 0 Å². The van der Waals surface area contributed by atoms with Crippen molar-refractivity contribution in [2.45, 2.75) is 18.1 Å². The van der Waals surface area contributed by atoms with Gasteiger partial charge in [-0.3, -0.25) is 0 Å². The molecule has 12 heavy (non-hydrogen) atoms. The second-order valence-electron chi connectivity index (χ2n) is 2.30. The first-order valence-electron chi connectivity index (χ1n) is 4.00. The van der Waals surface area contributed by atoms with Crippen molar-refractivity contribution in [3.8, 4) is 0 Å². The zero-order valence-corrected chi connectivity index (χ0v) is 8.95. The monoisotopic (exact) mass is 203 g/mol.